The largest absolute Gasteiger partial charge is 0.494 e. The maximum Gasteiger partial charge on any atom is 0.119 e. The van der Waals surface area contributed by atoms with Gasteiger partial charge in [-0.3, -0.25) is 0 Å². The zero-order valence-corrected chi connectivity index (χ0v) is 14.6. The highest BCUT2D eigenvalue weighted by atomic mass is 35.5. The van der Waals surface area contributed by atoms with Gasteiger partial charge in [0, 0.05) is 12.1 Å². The predicted molar refractivity (Wildman–Crippen MR) is 89.8 cm³/mol. The van der Waals surface area contributed by atoms with Gasteiger partial charge >= 0.3 is 0 Å². The van der Waals surface area contributed by atoms with Crippen LogP contribution in [0.4, 0.5) is 0 Å². The second-order valence-corrected chi connectivity index (χ2v) is 7.05. The van der Waals surface area contributed by atoms with Gasteiger partial charge in [0.1, 0.15) is 5.75 Å². The van der Waals surface area contributed by atoms with Crippen molar-refractivity contribution in [2.24, 2.45) is 5.41 Å². The van der Waals surface area contributed by atoms with E-state index in [0.717, 1.165) is 25.3 Å². The molecule has 3 heteroatoms. The second kappa shape index (κ2) is 7.90. The molecule has 0 radical (unpaired) electrons. The SMILES string of the molecule is CCOc1ccc(CNC(C)(C)CC(C)(C)C)cc1.Cl. The molecule has 0 aliphatic heterocycles. The van der Waals surface area contributed by atoms with Gasteiger partial charge in [-0.2, -0.15) is 0 Å². The van der Waals surface area contributed by atoms with Crippen molar-refractivity contribution < 1.29 is 4.74 Å². The molecule has 0 atom stereocenters. The predicted octanol–water partition coefficient (Wildman–Crippen LogP) is 4.81. The lowest BCUT2D eigenvalue weighted by atomic mass is 9.82. The smallest absolute Gasteiger partial charge is 0.119 e. The molecule has 20 heavy (non-hydrogen) atoms. The minimum atomic E-state index is 0. The molecule has 0 heterocycles. The molecule has 1 rings (SSSR count). The molecule has 0 aliphatic rings. The number of halogens is 1. The van der Waals surface area contributed by atoms with Crippen LogP contribution in [-0.2, 0) is 6.54 Å². The molecule has 1 N–H and O–H groups in total. The summed E-state index contributed by atoms with van der Waals surface area (Å²) in [7, 11) is 0. The van der Waals surface area contributed by atoms with E-state index in [0.29, 0.717) is 5.41 Å². The monoisotopic (exact) mass is 299 g/mol. The Kier molecular flexibility index (Phi) is 7.61. The maximum atomic E-state index is 5.45. The Bertz CT molecular complexity index is 379. The van der Waals surface area contributed by atoms with E-state index < -0.39 is 0 Å². The van der Waals surface area contributed by atoms with Crippen molar-refractivity contribution in [2.75, 3.05) is 6.61 Å². The molecule has 116 valence electrons. The number of ether oxygens (including phenoxy) is 1. The van der Waals surface area contributed by atoms with Gasteiger partial charge in [-0.1, -0.05) is 32.9 Å². The normalized spacial score (nSPS) is 11.9. The summed E-state index contributed by atoms with van der Waals surface area (Å²) in [4.78, 5) is 0. The van der Waals surface area contributed by atoms with E-state index in [9.17, 15) is 0 Å². The molecular formula is C17H30ClNO. The molecule has 0 fully saturated rings. The molecule has 0 saturated carbocycles. The summed E-state index contributed by atoms with van der Waals surface area (Å²) in [6, 6.07) is 8.34. The van der Waals surface area contributed by atoms with Crippen molar-refractivity contribution in [2.45, 2.75) is 60.0 Å². The minimum absolute atomic E-state index is 0. The summed E-state index contributed by atoms with van der Waals surface area (Å²) in [6.45, 7) is 15.0. The molecule has 0 aromatic heterocycles. The third-order valence-corrected chi connectivity index (χ3v) is 2.98. The van der Waals surface area contributed by atoms with E-state index in [1.54, 1.807) is 0 Å². The summed E-state index contributed by atoms with van der Waals surface area (Å²) in [5, 5.41) is 3.64. The third-order valence-electron chi connectivity index (χ3n) is 2.98. The average Bonchev–Trinajstić information content (AvgIpc) is 2.25. The van der Waals surface area contributed by atoms with E-state index in [4.69, 9.17) is 4.74 Å². The van der Waals surface area contributed by atoms with Crippen LogP contribution in [0.2, 0.25) is 0 Å². The first-order valence-electron chi connectivity index (χ1n) is 7.19. The fourth-order valence-corrected chi connectivity index (χ4v) is 2.60. The van der Waals surface area contributed by atoms with Crippen LogP contribution in [0.15, 0.2) is 24.3 Å². The molecule has 0 saturated heterocycles. The van der Waals surface area contributed by atoms with Crippen molar-refractivity contribution in [3.63, 3.8) is 0 Å². The zero-order chi connectivity index (χ0) is 14.5. The van der Waals surface area contributed by atoms with Crippen LogP contribution < -0.4 is 10.1 Å². The maximum absolute atomic E-state index is 5.45. The van der Waals surface area contributed by atoms with E-state index in [1.807, 2.05) is 19.1 Å². The van der Waals surface area contributed by atoms with Crippen molar-refractivity contribution in [1.29, 1.82) is 0 Å². The minimum Gasteiger partial charge on any atom is -0.494 e. The summed E-state index contributed by atoms with van der Waals surface area (Å²) < 4.78 is 5.45. The molecule has 0 spiro atoms. The van der Waals surface area contributed by atoms with Gasteiger partial charge in [0.15, 0.2) is 0 Å². The van der Waals surface area contributed by atoms with Gasteiger partial charge in [-0.15, -0.1) is 12.4 Å². The van der Waals surface area contributed by atoms with Crippen molar-refractivity contribution in [3.05, 3.63) is 29.8 Å². The van der Waals surface area contributed by atoms with E-state index in [2.05, 4.69) is 52.1 Å². The Labute approximate surface area is 130 Å². The van der Waals surface area contributed by atoms with Crippen LogP contribution in [0.1, 0.15) is 53.5 Å². The first kappa shape index (κ1) is 19.3. The standard InChI is InChI=1S/C17H29NO.ClH/c1-7-19-15-10-8-14(9-11-15)12-18-17(5,6)13-16(2,3)4;/h8-11,18H,7,12-13H2,1-6H3;1H. The first-order chi connectivity index (χ1) is 8.72. The number of nitrogens with one attached hydrogen (secondary N) is 1. The highest BCUT2D eigenvalue weighted by Gasteiger charge is 2.24. The quantitative estimate of drug-likeness (QED) is 0.814. The lowest BCUT2D eigenvalue weighted by molar-refractivity contribution is 0.240. The Morgan fingerprint density at radius 2 is 1.55 bits per heavy atom. The van der Waals surface area contributed by atoms with E-state index >= 15 is 0 Å². The van der Waals surface area contributed by atoms with Crippen molar-refractivity contribution in [3.8, 4) is 5.75 Å². The highest BCUT2D eigenvalue weighted by molar-refractivity contribution is 5.85. The van der Waals surface area contributed by atoms with Gasteiger partial charge in [0.2, 0.25) is 0 Å². The fourth-order valence-electron chi connectivity index (χ4n) is 2.60. The Morgan fingerprint density at radius 1 is 1.00 bits per heavy atom. The summed E-state index contributed by atoms with van der Waals surface area (Å²) in [6.07, 6.45) is 1.15. The number of benzene rings is 1. The molecule has 1 aromatic rings. The Hall–Kier alpha value is -0.730. The summed E-state index contributed by atoms with van der Waals surface area (Å²) in [5.74, 6) is 0.945. The molecule has 0 bridgehead atoms. The first-order valence-corrected chi connectivity index (χ1v) is 7.19. The van der Waals surface area contributed by atoms with Crippen molar-refractivity contribution >= 4 is 12.4 Å². The summed E-state index contributed by atoms with van der Waals surface area (Å²) in [5.41, 5.74) is 1.79. The Morgan fingerprint density at radius 3 is 2.00 bits per heavy atom. The van der Waals surface area contributed by atoms with Crippen molar-refractivity contribution in [1.82, 2.24) is 5.32 Å². The van der Waals surface area contributed by atoms with Gasteiger partial charge in [-0.05, 0) is 50.3 Å². The zero-order valence-electron chi connectivity index (χ0n) is 13.7. The molecular weight excluding hydrogens is 270 g/mol. The van der Waals surface area contributed by atoms with Gasteiger partial charge < -0.3 is 10.1 Å². The number of hydrogen-bond donors (Lipinski definition) is 1. The van der Waals surface area contributed by atoms with Gasteiger partial charge in [0.05, 0.1) is 6.61 Å². The van der Waals surface area contributed by atoms with Crippen LogP contribution >= 0.6 is 12.4 Å². The van der Waals surface area contributed by atoms with Gasteiger partial charge in [-0.25, -0.2) is 0 Å². The van der Waals surface area contributed by atoms with Crippen LogP contribution in [0.5, 0.6) is 5.75 Å². The highest BCUT2D eigenvalue weighted by Crippen LogP contribution is 2.27. The molecule has 0 aliphatic carbocycles. The molecule has 0 amide bonds. The van der Waals surface area contributed by atoms with Crippen LogP contribution in [0.3, 0.4) is 0 Å². The third kappa shape index (κ3) is 7.76. The lowest BCUT2D eigenvalue weighted by Crippen LogP contribution is -2.41. The van der Waals surface area contributed by atoms with Crippen LogP contribution in [-0.4, -0.2) is 12.1 Å². The topological polar surface area (TPSA) is 21.3 Å². The average molecular weight is 300 g/mol. The Balaban J connectivity index is 0.00000361. The molecule has 1 aromatic carbocycles. The van der Waals surface area contributed by atoms with Crippen LogP contribution in [0.25, 0.3) is 0 Å². The molecule has 2 nitrogen and oxygen atoms in total. The van der Waals surface area contributed by atoms with E-state index in [-0.39, 0.29) is 17.9 Å². The second-order valence-electron chi connectivity index (χ2n) is 7.05. The van der Waals surface area contributed by atoms with Crippen LogP contribution in [0, 0.1) is 5.41 Å². The fraction of sp³-hybridized carbons (Fsp3) is 0.647. The molecule has 0 unspecified atom stereocenters. The summed E-state index contributed by atoms with van der Waals surface area (Å²) >= 11 is 0. The van der Waals surface area contributed by atoms with E-state index in [1.165, 1.54) is 5.56 Å². The lowest BCUT2D eigenvalue weighted by Gasteiger charge is -2.33. The van der Waals surface area contributed by atoms with Gasteiger partial charge in [0.25, 0.3) is 0 Å². The number of rotatable bonds is 6. The number of hydrogen-bond acceptors (Lipinski definition) is 2.